The van der Waals surface area contributed by atoms with E-state index >= 15 is 0 Å². The van der Waals surface area contributed by atoms with Gasteiger partial charge in [-0.3, -0.25) is 11.3 Å². The van der Waals surface area contributed by atoms with Gasteiger partial charge in [-0.1, -0.05) is 26.0 Å². The zero-order chi connectivity index (χ0) is 15.0. The lowest BCUT2D eigenvalue weighted by atomic mass is 9.84. The molecule has 20 heavy (non-hydrogen) atoms. The fraction of sp³-hybridized carbons (Fsp3) is 0.625. The monoisotopic (exact) mass is 280 g/mol. The normalized spacial score (nSPS) is 13.2. The van der Waals surface area contributed by atoms with Crippen molar-refractivity contribution in [3.63, 3.8) is 0 Å². The number of ether oxygens (including phenoxy) is 2. The maximum atomic E-state index is 6.04. The molecule has 0 heterocycles. The van der Waals surface area contributed by atoms with E-state index in [1.54, 1.807) is 7.11 Å². The smallest absolute Gasteiger partial charge is 0.119 e. The Hall–Kier alpha value is -1.10. The molecule has 1 aromatic carbocycles. The Morgan fingerprint density at radius 1 is 1.25 bits per heavy atom. The molecule has 114 valence electrons. The van der Waals surface area contributed by atoms with Gasteiger partial charge in [0.25, 0.3) is 0 Å². The fourth-order valence-electron chi connectivity index (χ4n) is 2.77. The Kier molecular flexibility index (Phi) is 6.99. The number of methoxy groups -OCH3 is 1. The highest BCUT2D eigenvalue weighted by Crippen LogP contribution is 2.27. The van der Waals surface area contributed by atoms with Gasteiger partial charge in [0.05, 0.1) is 18.8 Å². The first-order valence-electron chi connectivity index (χ1n) is 7.38. The number of benzene rings is 1. The molecule has 0 aromatic heterocycles. The van der Waals surface area contributed by atoms with Gasteiger partial charge in [0.15, 0.2) is 0 Å². The van der Waals surface area contributed by atoms with E-state index in [0.29, 0.717) is 6.61 Å². The van der Waals surface area contributed by atoms with Crippen molar-refractivity contribution in [1.29, 1.82) is 0 Å². The molecule has 0 amide bonds. The van der Waals surface area contributed by atoms with Gasteiger partial charge in [-0.25, -0.2) is 0 Å². The van der Waals surface area contributed by atoms with E-state index in [2.05, 4.69) is 25.3 Å². The van der Waals surface area contributed by atoms with Crippen LogP contribution in [0.15, 0.2) is 24.3 Å². The minimum atomic E-state index is -0.230. The van der Waals surface area contributed by atoms with Crippen molar-refractivity contribution in [3.05, 3.63) is 29.8 Å². The first-order valence-corrected chi connectivity index (χ1v) is 7.38. The van der Waals surface area contributed by atoms with Crippen molar-refractivity contribution in [2.45, 2.75) is 51.7 Å². The summed E-state index contributed by atoms with van der Waals surface area (Å²) in [6, 6.07) is 8.16. The maximum Gasteiger partial charge on any atom is 0.119 e. The number of nitrogens with one attached hydrogen (secondary N) is 1. The second-order valence-electron chi connectivity index (χ2n) is 4.98. The highest BCUT2D eigenvalue weighted by Gasteiger charge is 2.35. The molecule has 0 bridgehead atoms. The Bertz CT molecular complexity index is 392. The molecule has 1 rings (SSSR count). The van der Waals surface area contributed by atoms with Crippen molar-refractivity contribution in [2.75, 3.05) is 13.7 Å². The predicted octanol–water partition coefficient (Wildman–Crippen LogP) is 2.66. The minimum Gasteiger partial charge on any atom is -0.497 e. The molecule has 0 radical (unpaired) electrons. The lowest BCUT2D eigenvalue weighted by Crippen LogP contribution is -2.55. The molecule has 1 unspecified atom stereocenters. The summed E-state index contributed by atoms with van der Waals surface area (Å²) in [4.78, 5) is 0. The fourth-order valence-corrected chi connectivity index (χ4v) is 2.77. The molecule has 0 fully saturated rings. The highest BCUT2D eigenvalue weighted by molar-refractivity contribution is 5.29. The molecule has 0 aliphatic rings. The van der Waals surface area contributed by atoms with E-state index in [1.807, 2.05) is 25.1 Å². The van der Waals surface area contributed by atoms with Gasteiger partial charge in [-0.05, 0) is 43.9 Å². The Morgan fingerprint density at radius 3 is 2.45 bits per heavy atom. The second kappa shape index (κ2) is 8.25. The van der Waals surface area contributed by atoms with Gasteiger partial charge in [0.2, 0.25) is 0 Å². The molecule has 4 heteroatoms. The van der Waals surface area contributed by atoms with Crippen LogP contribution in [-0.4, -0.2) is 25.4 Å². The van der Waals surface area contributed by atoms with Crippen LogP contribution in [0, 0.1) is 0 Å². The summed E-state index contributed by atoms with van der Waals surface area (Å²) in [6.45, 7) is 7.02. The standard InChI is InChI=1S/C16H28N2O2/c1-5-16(6-2,20-7-3)15(18-17)12-13-9-8-10-14(11-13)19-4/h8-11,15,18H,5-7,12,17H2,1-4H3. The predicted molar refractivity (Wildman–Crippen MR) is 82.7 cm³/mol. The quantitative estimate of drug-likeness (QED) is 0.539. The van der Waals surface area contributed by atoms with Gasteiger partial charge in [0.1, 0.15) is 5.75 Å². The van der Waals surface area contributed by atoms with E-state index in [1.165, 1.54) is 5.56 Å². The number of rotatable bonds is 9. The van der Waals surface area contributed by atoms with Crippen LogP contribution in [0.25, 0.3) is 0 Å². The summed E-state index contributed by atoms with van der Waals surface area (Å²) in [5.41, 5.74) is 3.91. The van der Waals surface area contributed by atoms with E-state index in [9.17, 15) is 0 Å². The number of hydrogen-bond donors (Lipinski definition) is 2. The zero-order valence-corrected chi connectivity index (χ0v) is 13.1. The van der Waals surface area contributed by atoms with Crippen LogP contribution in [0.1, 0.15) is 39.2 Å². The molecular formula is C16H28N2O2. The van der Waals surface area contributed by atoms with Crippen molar-refractivity contribution < 1.29 is 9.47 Å². The Balaban J connectivity index is 2.93. The molecular weight excluding hydrogens is 252 g/mol. The average Bonchev–Trinajstić information content (AvgIpc) is 2.51. The summed E-state index contributed by atoms with van der Waals surface area (Å²) in [5.74, 6) is 6.67. The third-order valence-corrected chi connectivity index (χ3v) is 4.04. The van der Waals surface area contributed by atoms with E-state index in [4.69, 9.17) is 15.3 Å². The summed E-state index contributed by atoms with van der Waals surface area (Å²) in [7, 11) is 1.68. The maximum absolute atomic E-state index is 6.04. The third kappa shape index (κ3) is 3.95. The lowest BCUT2D eigenvalue weighted by molar-refractivity contribution is -0.0719. The summed E-state index contributed by atoms with van der Waals surface area (Å²) < 4.78 is 11.3. The largest absolute Gasteiger partial charge is 0.497 e. The molecule has 1 aromatic rings. The molecule has 3 N–H and O–H groups in total. The van der Waals surface area contributed by atoms with Gasteiger partial charge in [-0.15, -0.1) is 0 Å². The van der Waals surface area contributed by atoms with Crippen molar-refractivity contribution in [1.82, 2.24) is 5.43 Å². The SMILES string of the molecule is CCOC(CC)(CC)C(Cc1cccc(OC)c1)NN. The molecule has 0 aliphatic heterocycles. The molecule has 0 saturated heterocycles. The second-order valence-corrected chi connectivity index (χ2v) is 4.98. The first-order chi connectivity index (χ1) is 9.65. The highest BCUT2D eigenvalue weighted by atomic mass is 16.5. The zero-order valence-electron chi connectivity index (χ0n) is 13.1. The summed E-state index contributed by atoms with van der Waals surface area (Å²) >= 11 is 0. The van der Waals surface area contributed by atoms with E-state index < -0.39 is 0 Å². The average molecular weight is 280 g/mol. The number of hydrazine groups is 1. The van der Waals surface area contributed by atoms with Crippen LogP contribution in [0.4, 0.5) is 0 Å². The van der Waals surface area contributed by atoms with Gasteiger partial charge in [-0.2, -0.15) is 0 Å². The molecule has 0 saturated carbocycles. The van der Waals surface area contributed by atoms with Gasteiger partial charge >= 0.3 is 0 Å². The van der Waals surface area contributed by atoms with Crippen LogP contribution in [-0.2, 0) is 11.2 Å². The van der Waals surface area contributed by atoms with Gasteiger partial charge < -0.3 is 9.47 Å². The molecule has 4 nitrogen and oxygen atoms in total. The third-order valence-electron chi connectivity index (χ3n) is 4.04. The molecule has 0 aliphatic carbocycles. The van der Waals surface area contributed by atoms with Crippen LogP contribution in [0.5, 0.6) is 5.75 Å². The van der Waals surface area contributed by atoms with Crippen molar-refractivity contribution in [2.24, 2.45) is 5.84 Å². The summed E-state index contributed by atoms with van der Waals surface area (Å²) in [5, 5.41) is 0. The van der Waals surface area contributed by atoms with E-state index in [0.717, 1.165) is 25.0 Å². The van der Waals surface area contributed by atoms with Crippen LogP contribution in [0.2, 0.25) is 0 Å². The van der Waals surface area contributed by atoms with Crippen LogP contribution < -0.4 is 16.0 Å². The van der Waals surface area contributed by atoms with Gasteiger partial charge in [0, 0.05) is 6.61 Å². The summed E-state index contributed by atoms with van der Waals surface area (Å²) in [6.07, 6.45) is 2.67. The molecule has 0 spiro atoms. The first kappa shape index (κ1) is 17.0. The molecule has 1 atom stereocenters. The Labute approximate surface area is 122 Å². The topological polar surface area (TPSA) is 56.5 Å². The number of nitrogens with two attached hydrogens (primary N) is 1. The van der Waals surface area contributed by atoms with Crippen LogP contribution >= 0.6 is 0 Å². The lowest BCUT2D eigenvalue weighted by Gasteiger charge is -2.39. The van der Waals surface area contributed by atoms with Crippen molar-refractivity contribution >= 4 is 0 Å². The van der Waals surface area contributed by atoms with E-state index in [-0.39, 0.29) is 11.6 Å². The number of hydrogen-bond acceptors (Lipinski definition) is 4. The van der Waals surface area contributed by atoms with Crippen LogP contribution in [0.3, 0.4) is 0 Å². The van der Waals surface area contributed by atoms with Crippen molar-refractivity contribution in [3.8, 4) is 5.75 Å². The minimum absolute atomic E-state index is 0.0737. The Morgan fingerprint density at radius 2 is 1.95 bits per heavy atom.